The lowest BCUT2D eigenvalue weighted by Gasteiger charge is -2.34. The Balaban J connectivity index is 1.54. The van der Waals surface area contributed by atoms with Crippen molar-refractivity contribution < 1.29 is 32.6 Å². The second-order valence-corrected chi connectivity index (χ2v) is 11.0. The minimum Gasteiger partial charge on any atom is -0.488 e. The van der Waals surface area contributed by atoms with E-state index >= 15 is 0 Å². The molecule has 11 heteroatoms. The van der Waals surface area contributed by atoms with Crippen LogP contribution in [0.15, 0.2) is 72.8 Å². The molecule has 1 aliphatic heterocycles. The Hall–Kier alpha value is -4.09. The zero-order valence-electron chi connectivity index (χ0n) is 24.4. The number of hydrogen-bond acceptors (Lipinski definition) is 5. The van der Waals surface area contributed by atoms with E-state index in [1.165, 1.54) is 12.1 Å². The molecule has 43 heavy (non-hydrogen) atoms. The number of nitrogens with zero attached hydrogens (tertiary/aromatic N) is 2. The van der Waals surface area contributed by atoms with Crippen LogP contribution >= 0.6 is 0 Å². The lowest BCUT2D eigenvalue weighted by Crippen LogP contribution is -2.47. The summed E-state index contributed by atoms with van der Waals surface area (Å²) in [6.45, 7) is 4.71. The van der Waals surface area contributed by atoms with Crippen LogP contribution in [0.25, 0.3) is 0 Å². The summed E-state index contributed by atoms with van der Waals surface area (Å²) in [5.41, 5.74) is 1.72. The van der Waals surface area contributed by atoms with Gasteiger partial charge in [-0.2, -0.15) is 13.2 Å². The number of rotatable bonds is 8. The molecule has 0 bridgehead atoms. The van der Waals surface area contributed by atoms with Crippen molar-refractivity contribution in [2.45, 2.75) is 45.1 Å². The van der Waals surface area contributed by atoms with Crippen LogP contribution < -0.4 is 15.4 Å². The van der Waals surface area contributed by atoms with Crippen molar-refractivity contribution >= 4 is 23.3 Å². The standard InChI is InChI=1S/C32H37F3N4O4/c1-21-17-39(22(2)20-40)30(41)16-24-15-27(37-31(42)36-26-7-5-4-6-8-26)13-14-28(24)43-29(21)19-38(3)18-23-9-11-25(12-10-23)32(33,34)35/h4-15,21-22,29,40H,16-20H2,1-3H3,(H2,36,37,42)/t21-,22-,29+/m0/s1. The molecule has 0 unspecified atom stereocenters. The van der Waals surface area contributed by atoms with Crippen LogP contribution in [0.3, 0.4) is 0 Å². The van der Waals surface area contributed by atoms with E-state index in [-0.39, 0.29) is 24.9 Å². The first kappa shape index (κ1) is 31.8. The smallest absolute Gasteiger partial charge is 0.416 e. The number of para-hydroxylation sites is 1. The van der Waals surface area contributed by atoms with Gasteiger partial charge in [-0.3, -0.25) is 9.69 Å². The van der Waals surface area contributed by atoms with Crippen molar-refractivity contribution in [1.82, 2.24) is 9.80 Å². The van der Waals surface area contributed by atoms with Gasteiger partial charge in [-0.15, -0.1) is 0 Å². The lowest BCUT2D eigenvalue weighted by molar-refractivity contribution is -0.137. The highest BCUT2D eigenvalue weighted by molar-refractivity contribution is 5.99. The van der Waals surface area contributed by atoms with Crippen LogP contribution in [-0.4, -0.2) is 65.7 Å². The number of fused-ring (bicyclic) bond motifs is 1. The van der Waals surface area contributed by atoms with E-state index in [2.05, 4.69) is 10.6 Å². The van der Waals surface area contributed by atoms with Gasteiger partial charge >= 0.3 is 12.2 Å². The van der Waals surface area contributed by atoms with Gasteiger partial charge in [-0.1, -0.05) is 37.3 Å². The highest BCUT2D eigenvalue weighted by atomic mass is 19.4. The van der Waals surface area contributed by atoms with Crippen LogP contribution in [0, 0.1) is 5.92 Å². The van der Waals surface area contributed by atoms with Gasteiger partial charge in [-0.05, 0) is 62.0 Å². The fraction of sp³-hybridized carbons (Fsp3) is 0.375. The van der Waals surface area contributed by atoms with Gasteiger partial charge in [-0.25, -0.2) is 4.79 Å². The first-order valence-corrected chi connectivity index (χ1v) is 14.1. The van der Waals surface area contributed by atoms with Gasteiger partial charge in [0.15, 0.2) is 0 Å². The second kappa shape index (κ2) is 13.9. The van der Waals surface area contributed by atoms with Gasteiger partial charge in [0.25, 0.3) is 0 Å². The van der Waals surface area contributed by atoms with Crippen LogP contribution in [0.4, 0.5) is 29.3 Å². The van der Waals surface area contributed by atoms with Crippen molar-refractivity contribution in [3.05, 3.63) is 89.5 Å². The zero-order valence-corrected chi connectivity index (χ0v) is 24.4. The van der Waals surface area contributed by atoms with E-state index in [4.69, 9.17) is 4.74 Å². The summed E-state index contributed by atoms with van der Waals surface area (Å²) < 4.78 is 45.5. The van der Waals surface area contributed by atoms with Crippen LogP contribution in [0.1, 0.15) is 30.5 Å². The predicted octanol–water partition coefficient (Wildman–Crippen LogP) is 5.63. The number of anilines is 2. The third-order valence-corrected chi connectivity index (χ3v) is 7.43. The minimum absolute atomic E-state index is 0.0102. The summed E-state index contributed by atoms with van der Waals surface area (Å²) >= 11 is 0. The van der Waals surface area contributed by atoms with Crippen molar-refractivity contribution in [1.29, 1.82) is 0 Å². The Labute approximate surface area is 249 Å². The summed E-state index contributed by atoms with van der Waals surface area (Å²) in [4.78, 5) is 29.6. The average Bonchev–Trinajstić information content (AvgIpc) is 3.00. The van der Waals surface area contributed by atoms with Crippen molar-refractivity contribution in [2.75, 3.05) is 37.4 Å². The maximum absolute atomic E-state index is 13.4. The van der Waals surface area contributed by atoms with E-state index in [0.29, 0.717) is 42.3 Å². The van der Waals surface area contributed by atoms with Gasteiger partial charge < -0.3 is 25.4 Å². The topological polar surface area (TPSA) is 94.1 Å². The molecule has 3 amide bonds. The van der Waals surface area contributed by atoms with Crippen LogP contribution in [-0.2, 0) is 23.9 Å². The van der Waals surface area contributed by atoms with Crippen molar-refractivity contribution in [2.24, 2.45) is 5.92 Å². The molecule has 4 rings (SSSR count). The quantitative estimate of drug-likeness (QED) is 0.313. The third-order valence-electron chi connectivity index (χ3n) is 7.43. The molecule has 0 aliphatic carbocycles. The molecule has 3 aromatic carbocycles. The number of ether oxygens (including phenoxy) is 1. The summed E-state index contributed by atoms with van der Waals surface area (Å²) in [6, 6.07) is 18.4. The van der Waals surface area contributed by atoms with E-state index in [9.17, 15) is 27.9 Å². The Morgan fingerprint density at radius 2 is 1.74 bits per heavy atom. The number of aliphatic hydroxyl groups excluding tert-OH is 1. The molecule has 0 spiro atoms. The molecular weight excluding hydrogens is 561 g/mol. The molecule has 1 heterocycles. The third kappa shape index (κ3) is 8.71. The van der Waals surface area contributed by atoms with Gasteiger partial charge in [0.1, 0.15) is 11.9 Å². The molecule has 0 aromatic heterocycles. The number of hydrogen-bond donors (Lipinski definition) is 3. The Kier molecular flexibility index (Phi) is 10.3. The number of amides is 3. The molecule has 1 aliphatic rings. The summed E-state index contributed by atoms with van der Waals surface area (Å²) in [5, 5.41) is 15.4. The number of carbonyl (C=O) groups is 2. The average molecular weight is 599 g/mol. The normalized spacial score (nSPS) is 18.1. The number of aliphatic hydroxyl groups is 1. The molecule has 0 fully saturated rings. The largest absolute Gasteiger partial charge is 0.488 e. The summed E-state index contributed by atoms with van der Waals surface area (Å²) in [7, 11) is 1.86. The molecule has 3 N–H and O–H groups in total. The van der Waals surface area contributed by atoms with Crippen LogP contribution in [0.2, 0.25) is 0 Å². The number of likely N-dealkylation sites (N-methyl/N-ethyl adjacent to an activating group) is 1. The first-order chi connectivity index (χ1) is 20.4. The van der Waals surface area contributed by atoms with E-state index in [1.807, 2.05) is 37.1 Å². The van der Waals surface area contributed by atoms with E-state index in [1.54, 1.807) is 42.2 Å². The molecule has 0 saturated heterocycles. The fourth-order valence-electron chi connectivity index (χ4n) is 5.02. The number of nitrogens with one attached hydrogen (secondary N) is 2. The number of urea groups is 1. The van der Waals surface area contributed by atoms with Gasteiger partial charge in [0.2, 0.25) is 5.91 Å². The Morgan fingerprint density at radius 3 is 2.40 bits per heavy atom. The molecule has 0 saturated carbocycles. The second-order valence-electron chi connectivity index (χ2n) is 11.0. The predicted molar refractivity (Wildman–Crippen MR) is 159 cm³/mol. The number of alkyl halides is 3. The molecule has 3 atom stereocenters. The van der Waals surface area contributed by atoms with Crippen molar-refractivity contribution in [3.63, 3.8) is 0 Å². The molecule has 0 radical (unpaired) electrons. The minimum atomic E-state index is -4.39. The monoisotopic (exact) mass is 598 g/mol. The van der Waals surface area contributed by atoms with Crippen molar-refractivity contribution in [3.8, 4) is 5.75 Å². The van der Waals surface area contributed by atoms with E-state index < -0.39 is 29.9 Å². The maximum atomic E-state index is 13.4. The number of halogens is 3. The fourth-order valence-corrected chi connectivity index (χ4v) is 5.02. The molecule has 3 aromatic rings. The molecule has 8 nitrogen and oxygen atoms in total. The summed E-state index contributed by atoms with van der Waals surface area (Å²) in [6.07, 6.45) is -4.78. The Bertz CT molecular complexity index is 1390. The highest BCUT2D eigenvalue weighted by Gasteiger charge is 2.32. The highest BCUT2D eigenvalue weighted by Crippen LogP contribution is 2.31. The Morgan fingerprint density at radius 1 is 1.07 bits per heavy atom. The lowest BCUT2D eigenvalue weighted by atomic mass is 10.0. The molecular formula is C32H37F3N4O4. The van der Waals surface area contributed by atoms with Gasteiger partial charge in [0.05, 0.1) is 24.6 Å². The number of carbonyl (C=O) groups excluding carboxylic acids is 2. The van der Waals surface area contributed by atoms with E-state index in [0.717, 1.165) is 17.7 Å². The zero-order chi connectivity index (χ0) is 31.1. The number of benzene rings is 3. The van der Waals surface area contributed by atoms with Crippen LogP contribution in [0.5, 0.6) is 5.75 Å². The van der Waals surface area contributed by atoms with Gasteiger partial charge in [0, 0.05) is 42.5 Å². The summed E-state index contributed by atoms with van der Waals surface area (Å²) in [5.74, 6) is 0.178. The molecule has 230 valence electrons. The maximum Gasteiger partial charge on any atom is 0.416 e. The first-order valence-electron chi connectivity index (χ1n) is 14.1. The SMILES string of the molecule is C[C@H]1CN([C@@H](C)CO)C(=O)Cc2cc(NC(=O)Nc3ccccc3)ccc2O[C@@H]1CN(C)Cc1ccc(C(F)(F)F)cc1.